The SMILES string of the molecule is CC#CC(=O)NCCCCOc1cccc(Nc2nc(NC3CCOCC3)c(CC)nc2C(N)=O)c1. The van der Waals surface area contributed by atoms with Crippen LogP contribution in [0.1, 0.15) is 55.7 Å². The van der Waals surface area contributed by atoms with Crippen LogP contribution in [0.15, 0.2) is 24.3 Å². The number of aryl methyl sites for hydroxylation is 1. The minimum Gasteiger partial charge on any atom is -0.494 e. The van der Waals surface area contributed by atoms with Gasteiger partial charge in [-0.05, 0) is 57.1 Å². The summed E-state index contributed by atoms with van der Waals surface area (Å²) in [4.78, 5) is 32.7. The van der Waals surface area contributed by atoms with E-state index in [9.17, 15) is 9.59 Å². The lowest BCUT2D eigenvalue weighted by molar-refractivity contribution is -0.115. The van der Waals surface area contributed by atoms with Crippen molar-refractivity contribution < 1.29 is 19.1 Å². The fraction of sp³-hybridized carbons (Fsp3) is 0.462. The summed E-state index contributed by atoms with van der Waals surface area (Å²) >= 11 is 0. The number of carbonyl (C=O) groups excluding carboxylic acids is 2. The first kappa shape index (κ1) is 26.8. The Morgan fingerprint density at radius 1 is 1.19 bits per heavy atom. The van der Waals surface area contributed by atoms with E-state index in [1.165, 1.54) is 0 Å². The third-order valence-electron chi connectivity index (χ3n) is 5.56. The van der Waals surface area contributed by atoms with E-state index in [1.807, 2.05) is 31.2 Å². The van der Waals surface area contributed by atoms with Gasteiger partial charge in [0, 0.05) is 37.6 Å². The van der Waals surface area contributed by atoms with E-state index < -0.39 is 5.91 Å². The Morgan fingerprint density at radius 2 is 2.00 bits per heavy atom. The number of hydrogen-bond acceptors (Lipinski definition) is 8. The molecule has 2 aromatic rings. The highest BCUT2D eigenvalue weighted by atomic mass is 16.5. The van der Waals surface area contributed by atoms with Crippen molar-refractivity contribution in [1.29, 1.82) is 0 Å². The van der Waals surface area contributed by atoms with Crippen molar-refractivity contribution in [2.45, 2.75) is 52.0 Å². The van der Waals surface area contributed by atoms with Gasteiger partial charge in [0.15, 0.2) is 17.3 Å². The van der Waals surface area contributed by atoms with Crippen LogP contribution in [0.2, 0.25) is 0 Å². The van der Waals surface area contributed by atoms with Gasteiger partial charge in [0.1, 0.15) is 5.75 Å². The molecular weight excluding hydrogens is 460 g/mol. The van der Waals surface area contributed by atoms with E-state index >= 15 is 0 Å². The summed E-state index contributed by atoms with van der Waals surface area (Å²) in [5, 5.41) is 9.37. The first-order valence-electron chi connectivity index (χ1n) is 12.3. The van der Waals surface area contributed by atoms with Crippen molar-refractivity contribution in [3.8, 4) is 17.6 Å². The Hall–Kier alpha value is -3.84. The zero-order valence-corrected chi connectivity index (χ0v) is 20.9. The van der Waals surface area contributed by atoms with Crippen LogP contribution in [0.3, 0.4) is 0 Å². The number of benzene rings is 1. The molecule has 0 atom stereocenters. The van der Waals surface area contributed by atoms with Crippen molar-refractivity contribution in [2.24, 2.45) is 5.73 Å². The highest BCUT2D eigenvalue weighted by Gasteiger charge is 2.20. The second-order valence-corrected chi connectivity index (χ2v) is 8.30. The summed E-state index contributed by atoms with van der Waals surface area (Å²) in [6.07, 6.45) is 3.92. The highest BCUT2D eigenvalue weighted by Crippen LogP contribution is 2.26. The molecular formula is C26H34N6O4. The maximum absolute atomic E-state index is 12.1. The lowest BCUT2D eigenvalue weighted by Gasteiger charge is -2.25. The van der Waals surface area contributed by atoms with E-state index in [2.05, 4.69) is 32.8 Å². The third-order valence-corrected chi connectivity index (χ3v) is 5.56. The number of rotatable bonds is 12. The minimum absolute atomic E-state index is 0.0884. The standard InChI is InChI=1S/C26H34N6O4/c1-3-8-22(33)28-13-5-6-14-36-20-10-7-9-19(17-20)30-26-23(24(27)34)31-21(4-2)25(32-26)29-18-11-15-35-16-12-18/h7,9-10,17-18H,4-6,11-16H2,1-2H3,(H2,27,34)(H,28,33)(H2,29,30,32). The summed E-state index contributed by atoms with van der Waals surface area (Å²) in [5.74, 6) is 5.68. The summed E-state index contributed by atoms with van der Waals surface area (Å²) in [6, 6.07) is 7.60. The Kier molecular flexibility index (Phi) is 10.3. The number of nitrogens with two attached hydrogens (primary N) is 1. The van der Waals surface area contributed by atoms with Crippen LogP contribution >= 0.6 is 0 Å². The number of primary amides is 1. The van der Waals surface area contributed by atoms with Crippen molar-refractivity contribution >= 4 is 29.1 Å². The number of unbranched alkanes of at least 4 members (excludes halogenated alkanes) is 1. The second kappa shape index (κ2) is 13.9. The maximum Gasteiger partial charge on any atom is 0.295 e. The van der Waals surface area contributed by atoms with Crippen LogP contribution < -0.4 is 26.4 Å². The number of carbonyl (C=O) groups is 2. The number of aromatic nitrogens is 2. The quantitative estimate of drug-likeness (QED) is 0.261. The lowest BCUT2D eigenvalue weighted by Crippen LogP contribution is -2.29. The van der Waals surface area contributed by atoms with Gasteiger partial charge >= 0.3 is 0 Å². The summed E-state index contributed by atoms with van der Waals surface area (Å²) in [7, 11) is 0. The van der Waals surface area contributed by atoms with Gasteiger partial charge in [0.05, 0.1) is 12.3 Å². The molecule has 2 heterocycles. The molecule has 1 saturated heterocycles. The number of ether oxygens (including phenoxy) is 2. The largest absolute Gasteiger partial charge is 0.494 e. The molecule has 1 aliphatic rings. The molecule has 0 bridgehead atoms. The van der Waals surface area contributed by atoms with Crippen LogP contribution in [0.5, 0.6) is 5.75 Å². The normalized spacial score (nSPS) is 13.3. The van der Waals surface area contributed by atoms with E-state index in [1.54, 1.807) is 6.92 Å². The fourth-order valence-corrected chi connectivity index (χ4v) is 3.70. The number of nitrogens with zero attached hydrogens (tertiary/aromatic N) is 2. The van der Waals surface area contributed by atoms with E-state index in [4.69, 9.17) is 20.2 Å². The second-order valence-electron chi connectivity index (χ2n) is 8.30. The van der Waals surface area contributed by atoms with Crippen LogP contribution in [0.4, 0.5) is 17.3 Å². The van der Waals surface area contributed by atoms with Gasteiger partial charge in [0.2, 0.25) is 0 Å². The van der Waals surface area contributed by atoms with Crippen molar-refractivity contribution in [3.05, 3.63) is 35.7 Å². The van der Waals surface area contributed by atoms with Gasteiger partial charge in [-0.3, -0.25) is 9.59 Å². The molecule has 0 saturated carbocycles. The molecule has 36 heavy (non-hydrogen) atoms. The zero-order valence-electron chi connectivity index (χ0n) is 20.9. The van der Waals surface area contributed by atoms with E-state index in [0.29, 0.717) is 55.7 Å². The maximum atomic E-state index is 12.1. The van der Waals surface area contributed by atoms with E-state index in [0.717, 1.165) is 25.7 Å². The summed E-state index contributed by atoms with van der Waals surface area (Å²) < 4.78 is 11.3. The average Bonchev–Trinajstić information content (AvgIpc) is 2.87. The monoisotopic (exact) mass is 494 g/mol. The smallest absolute Gasteiger partial charge is 0.295 e. The molecule has 10 heteroatoms. The van der Waals surface area contributed by atoms with Gasteiger partial charge in [-0.25, -0.2) is 9.97 Å². The van der Waals surface area contributed by atoms with Crippen LogP contribution in [0, 0.1) is 11.8 Å². The number of amides is 2. The number of nitrogens with one attached hydrogen (secondary N) is 3. The minimum atomic E-state index is -0.651. The molecule has 1 aromatic carbocycles. The van der Waals surface area contributed by atoms with Gasteiger partial charge in [0.25, 0.3) is 11.8 Å². The molecule has 1 aliphatic heterocycles. The van der Waals surface area contributed by atoms with Gasteiger partial charge in [-0.1, -0.05) is 18.9 Å². The fourth-order valence-electron chi connectivity index (χ4n) is 3.70. The number of anilines is 3. The molecule has 192 valence electrons. The molecule has 3 rings (SSSR count). The molecule has 0 spiro atoms. The van der Waals surface area contributed by atoms with Crippen LogP contribution in [-0.2, 0) is 16.0 Å². The van der Waals surface area contributed by atoms with E-state index in [-0.39, 0.29) is 23.5 Å². The summed E-state index contributed by atoms with van der Waals surface area (Å²) in [6.45, 7) is 6.03. The Balaban J connectivity index is 1.65. The molecule has 2 amide bonds. The van der Waals surface area contributed by atoms with Crippen molar-refractivity contribution in [2.75, 3.05) is 37.0 Å². The lowest BCUT2D eigenvalue weighted by atomic mass is 10.1. The van der Waals surface area contributed by atoms with Crippen LogP contribution in [-0.4, -0.2) is 54.2 Å². The first-order chi connectivity index (χ1) is 17.5. The molecule has 1 aromatic heterocycles. The Bertz CT molecular complexity index is 1110. The predicted molar refractivity (Wildman–Crippen MR) is 138 cm³/mol. The molecule has 0 radical (unpaired) electrons. The highest BCUT2D eigenvalue weighted by molar-refractivity contribution is 5.96. The van der Waals surface area contributed by atoms with Gasteiger partial charge < -0.3 is 31.2 Å². The van der Waals surface area contributed by atoms with Crippen molar-refractivity contribution in [1.82, 2.24) is 15.3 Å². The topological polar surface area (TPSA) is 140 Å². The third kappa shape index (κ3) is 8.13. The van der Waals surface area contributed by atoms with Crippen LogP contribution in [0.25, 0.3) is 0 Å². The first-order valence-corrected chi connectivity index (χ1v) is 12.3. The zero-order chi connectivity index (χ0) is 25.8. The molecule has 1 fully saturated rings. The Morgan fingerprint density at radius 3 is 2.72 bits per heavy atom. The number of hydrogen-bond donors (Lipinski definition) is 4. The molecule has 0 unspecified atom stereocenters. The average molecular weight is 495 g/mol. The predicted octanol–water partition coefficient (Wildman–Crippen LogP) is 2.77. The van der Waals surface area contributed by atoms with Gasteiger partial charge in [-0.2, -0.15) is 0 Å². The van der Waals surface area contributed by atoms with Gasteiger partial charge in [-0.15, -0.1) is 0 Å². The summed E-state index contributed by atoms with van der Waals surface area (Å²) in [5.41, 5.74) is 7.09. The molecule has 10 nitrogen and oxygen atoms in total. The van der Waals surface area contributed by atoms with Crippen molar-refractivity contribution in [3.63, 3.8) is 0 Å². The molecule has 5 N–H and O–H groups in total. The Labute approximate surface area is 211 Å². The molecule has 0 aliphatic carbocycles.